The number of para-hydroxylation sites is 2. The Morgan fingerprint density at radius 1 is 0.821 bits per heavy atom. The fourth-order valence-electron chi connectivity index (χ4n) is 2.37. The molecule has 148 valence electrons. The number of benzene rings is 2. The Labute approximate surface area is 163 Å². The highest BCUT2D eigenvalue weighted by Crippen LogP contribution is 2.30. The van der Waals surface area contributed by atoms with E-state index in [1.54, 1.807) is 46.8 Å². The average Bonchev–Trinajstić information content (AvgIpc) is 2.73. The molecule has 0 amide bonds. The molecule has 0 atom stereocenters. The largest absolute Gasteiger partial charge is 0.493 e. The third-order valence-corrected chi connectivity index (χ3v) is 3.61. The summed E-state index contributed by atoms with van der Waals surface area (Å²) in [6.07, 6.45) is 3.04. The number of nitrogens with two attached hydrogens (primary N) is 1. The number of nitrogens with zero attached hydrogens (tertiary/aromatic N) is 3. The van der Waals surface area contributed by atoms with Crippen molar-refractivity contribution >= 4 is 18.4 Å². The van der Waals surface area contributed by atoms with Crippen LogP contribution in [0.2, 0.25) is 0 Å². The predicted octanol–water partition coefficient (Wildman–Crippen LogP) is 1.99. The third-order valence-electron chi connectivity index (χ3n) is 3.61. The summed E-state index contributed by atoms with van der Waals surface area (Å²) in [6, 6.07) is 10.9. The van der Waals surface area contributed by atoms with Crippen LogP contribution in [-0.4, -0.2) is 46.8 Å². The van der Waals surface area contributed by atoms with Crippen LogP contribution in [-0.2, 0) is 0 Å². The summed E-state index contributed by atoms with van der Waals surface area (Å²) >= 11 is 0. The van der Waals surface area contributed by atoms with Gasteiger partial charge in [0.25, 0.3) is 0 Å². The molecule has 0 aliphatic rings. The molecule has 0 fully saturated rings. The zero-order valence-corrected chi connectivity index (χ0v) is 16.2. The van der Waals surface area contributed by atoms with E-state index < -0.39 is 0 Å². The number of hydrogen-bond acceptors (Lipinski definition) is 7. The zero-order chi connectivity index (χ0) is 20.4. The second kappa shape index (κ2) is 10.4. The molecule has 0 aromatic heterocycles. The quantitative estimate of drug-likeness (QED) is 0.408. The molecule has 2 aromatic rings. The molecule has 0 saturated heterocycles. The fraction of sp³-hybridized carbons (Fsp3) is 0.211. The van der Waals surface area contributed by atoms with E-state index >= 15 is 0 Å². The van der Waals surface area contributed by atoms with Crippen LogP contribution in [0.3, 0.4) is 0 Å². The number of hydrogen-bond donors (Lipinski definition) is 2. The second-order valence-corrected chi connectivity index (χ2v) is 5.27. The maximum atomic E-state index is 5.75. The van der Waals surface area contributed by atoms with Crippen molar-refractivity contribution in [1.82, 2.24) is 5.43 Å². The molecule has 3 N–H and O–H groups in total. The maximum absolute atomic E-state index is 5.75. The van der Waals surface area contributed by atoms with E-state index in [0.717, 1.165) is 0 Å². The van der Waals surface area contributed by atoms with Gasteiger partial charge in [0.15, 0.2) is 23.0 Å². The molecule has 9 nitrogen and oxygen atoms in total. The molecule has 0 spiro atoms. The summed E-state index contributed by atoms with van der Waals surface area (Å²) in [5.41, 5.74) is 9.76. The first-order valence-electron chi connectivity index (χ1n) is 8.22. The summed E-state index contributed by atoms with van der Waals surface area (Å²) in [4.78, 5) is 0. The van der Waals surface area contributed by atoms with E-state index in [2.05, 4.69) is 20.7 Å². The number of ether oxygens (including phenoxy) is 4. The van der Waals surface area contributed by atoms with Crippen molar-refractivity contribution in [3.05, 3.63) is 47.5 Å². The van der Waals surface area contributed by atoms with Crippen LogP contribution in [0, 0.1) is 0 Å². The molecular formula is C19H23N5O4. The first-order valence-corrected chi connectivity index (χ1v) is 8.22. The molecule has 0 bridgehead atoms. The van der Waals surface area contributed by atoms with E-state index in [4.69, 9.17) is 24.7 Å². The number of nitrogens with one attached hydrogen (secondary N) is 1. The molecule has 9 heteroatoms. The summed E-state index contributed by atoms with van der Waals surface area (Å²) in [5, 5.41) is 11.8. The van der Waals surface area contributed by atoms with E-state index in [0.29, 0.717) is 34.1 Å². The zero-order valence-electron chi connectivity index (χ0n) is 16.2. The highest BCUT2D eigenvalue weighted by atomic mass is 16.5. The minimum atomic E-state index is 0.0104. The van der Waals surface area contributed by atoms with E-state index in [9.17, 15) is 0 Å². The minimum absolute atomic E-state index is 0.0104. The third kappa shape index (κ3) is 5.13. The van der Waals surface area contributed by atoms with Crippen LogP contribution in [0.25, 0.3) is 0 Å². The van der Waals surface area contributed by atoms with Crippen molar-refractivity contribution in [3.8, 4) is 23.0 Å². The Balaban J connectivity index is 2.06. The fourth-order valence-corrected chi connectivity index (χ4v) is 2.37. The summed E-state index contributed by atoms with van der Waals surface area (Å²) in [7, 11) is 6.24. The van der Waals surface area contributed by atoms with Gasteiger partial charge in [-0.15, -0.1) is 5.10 Å². The molecule has 28 heavy (non-hydrogen) atoms. The number of hydrazone groups is 1. The van der Waals surface area contributed by atoms with Gasteiger partial charge in [0, 0.05) is 11.1 Å². The van der Waals surface area contributed by atoms with Gasteiger partial charge in [-0.2, -0.15) is 10.2 Å². The normalized spacial score (nSPS) is 11.6. The number of guanidine groups is 1. The van der Waals surface area contributed by atoms with Gasteiger partial charge in [-0.1, -0.05) is 12.1 Å². The Morgan fingerprint density at radius 3 is 1.86 bits per heavy atom. The predicted molar refractivity (Wildman–Crippen MR) is 109 cm³/mol. The first-order chi connectivity index (χ1) is 13.6. The van der Waals surface area contributed by atoms with Gasteiger partial charge in [0.1, 0.15) is 0 Å². The van der Waals surface area contributed by atoms with Crippen molar-refractivity contribution < 1.29 is 18.9 Å². The van der Waals surface area contributed by atoms with Crippen molar-refractivity contribution in [2.75, 3.05) is 28.4 Å². The summed E-state index contributed by atoms with van der Waals surface area (Å²) in [6.45, 7) is 0. The molecule has 0 aliphatic carbocycles. The molecular weight excluding hydrogens is 362 g/mol. The van der Waals surface area contributed by atoms with E-state index in [1.165, 1.54) is 6.21 Å². The van der Waals surface area contributed by atoms with Gasteiger partial charge in [-0.05, 0) is 24.3 Å². The van der Waals surface area contributed by atoms with Crippen LogP contribution in [0.15, 0.2) is 51.7 Å². The van der Waals surface area contributed by atoms with Crippen molar-refractivity contribution in [2.24, 2.45) is 21.0 Å². The Morgan fingerprint density at radius 2 is 1.36 bits per heavy atom. The first kappa shape index (κ1) is 20.6. The van der Waals surface area contributed by atoms with E-state index in [1.807, 2.05) is 24.3 Å². The van der Waals surface area contributed by atoms with Crippen LogP contribution in [0.1, 0.15) is 11.1 Å². The monoisotopic (exact) mass is 385 g/mol. The highest BCUT2D eigenvalue weighted by molar-refractivity contribution is 5.88. The molecule has 0 heterocycles. The second-order valence-electron chi connectivity index (χ2n) is 5.27. The maximum Gasteiger partial charge on any atom is 0.234 e. The Kier molecular flexibility index (Phi) is 7.64. The molecule has 2 rings (SSSR count). The van der Waals surface area contributed by atoms with Gasteiger partial charge in [-0.25, -0.2) is 5.43 Å². The highest BCUT2D eigenvalue weighted by Gasteiger charge is 2.08. The van der Waals surface area contributed by atoms with Crippen molar-refractivity contribution in [2.45, 2.75) is 0 Å². The van der Waals surface area contributed by atoms with Crippen molar-refractivity contribution in [3.63, 3.8) is 0 Å². The van der Waals surface area contributed by atoms with Crippen LogP contribution < -0.4 is 30.1 Å². The van der Waals surface area contributed by atoms with Gasteiger partial charge >= 0.3 is 0 Å². The molecule has 0 radical (unpaired) electrons. The van der Waals surface area contributed by atoms with Crippen LogP contribution in [0.4, 0.5) is 0 Å². The Hall–Kier alpha value is -3.75. The molecule has 0 unspecified atom stereocenters. The molecule has 0 aliphatic heterocycles. The molecule has 2 aromatic carbocycles. The van der Waals surface area contributed by atoms with Gasteiger partial charge in [-0.3, -0.25) is 0 Å². The van der Waals surface area contributed by atoms with Crippen LogP contribution >= 0.6 is 0 Å². The lowest BCUT2D eigenvalue weighted by molar-refractivity contribution is 0.354. The smallest absolute Gasteiger partial charge is 0.234 e. The van der Waals surface area contributed by atoms with E-state index in [-0.39, 0.29) is 5.96 Å². The standard InChI is InChI=1S/C19H23N5O4/c1-25-15-9-5-7-13(17(15)27-3)11-21-23-19(20)24-22-12-14-8-6-10-16(26-2)18(14)28-4/h5-12H,1-4H3,(H3,20,23,24). The lowest BCUT2D eigenvalue weighted by Crippen LogP contribution is -2.26. The number of methoxy groups -OCH3 is 4. The summed E-state index contributed by atoms with van der Waals surface area (Å²) < 4.78 is 21.1. The minimum Gasteiger partial charge on any atom is -0.493 e. The molecule has 0 saturated carbocycles. The topological polar surface area (TPSA) is 112 Å². The number of rotatable bonds is 8. The lowest BCUT2D eigenvalue weighted by Gasteiger charge is -2.09. The van der Waals surface area contributed by atoms with Gasteiger partial charge in [0.2, 0.25) is 5.96 Å². The van der Waals surface area contributed by atoms with Gasteiger partial charge < -0.3 is 24.7 Å². The Bertz CT molecular complexity index is 881. The van der Waals surface area contributed by atoms with Gasteiger partial charge in [0.05, 0.1) is 40.9 Å². The average molecular weight is 385 g/mol. The van der Waals surface area contributed by atoms with Crippen LogP contribution in [0.5, 0.6) is 23.0 Å². The SMILES string of the molecule is COc1cccc(C=NN=C(N)NN=Cc2cccc(OC)c2OC)c1OC. The lowest BCUT2D eigenvalue weighted by atomic mass is 10.2. The van der Waals surface area contributed by atoms with Crippen molar-refractivity contribution in [1.29, 1.82) is 0 Å². The summed E-state index contributed by atoms with van der Waals surface area (Å²) in [5.74, 6) is 2.33.